The van der Waals surface area contributed by atoms with Gasteiger partial charge in [0, 0.05) is 4.47 Å². The molecule has 1 aromatic carbocycles. The van der Waals surface area contributed by atoms with Crippen LogP contribution >= 0.6 is 27.3 Å². The van der Waals surface area contributed by atoms with Gasteiger partial charge in [-0.25, -0.2) is 8.42 Å². The van der Waals surface area contributed by atoms with Gasteiger partial charge in [-0.05, 0) is 31.0 Å². The number of anilines is 1. The largest absolute Gasteiger partial charge is 0.264 e. The standard InChI is InChI=1S/C11H12BrN3O2S2/c1-3-10-13-14-11(18-10)15-19(16,17)9-6-8(12)5-4-7(9)2/h4-6H,3H2,1-2H3,(H,14,15). The number of aromatic nitrogens is 2. The van der Waals surface area contributed by atoms with E-state index in [-0.39, 0.29) is 10.0 Å². The summed E-state index contributed by atoms with van der Waals surface area (Å²) in [7, 11) is -3.63. The molecular formula is C11H12BrN3O2S2. The number of aryl methyl sites for hydroxylation is 2. The van der Waals surface area contributed by atoms with Gasteiger partial charge in [-0.1, -0.05) is 40.3 Å². The summed E-state index contributed by atoms with van der Waals surface area (Å²) >= 11 is 4.51. The molecule has 1 aromatic heterocycles. The zero-order chi connectivity index (χ0) is 14.0. The number of hydrogen-bond donors (Lipinski definition) is 1. The van der Waals surface area contributed by atoms with Crippen LogP contribution in [-0.4, -0.2) is 18.6 Å². The van der Waals surface area contributed by atoms with Crippen molar-refractivity contribution >= 4 is 42.4 Å². The second-order valence-corrected chi connectivity index (χ2v) is 7.50. The van der Waals surface area contributed by atoms with Gasteiger partial charge in [0.25, 0.3) is 10.0 Å². The maximum atomic E-state index is 12.3. The summed E-state index contributed by atoms with van der Waals surface area (Å²) in [6.07, 6.45) is 0.731. The molecule has 0 saturated carbocycles. The van der Waals surface area contributed by atoms with Crippen LogP contribution in [0.25, 0.3) is 0 Å². The van der Waals surface area contributed by atoms with Gasteiger partial charge in [-0.3, -0.25) is 4.72 Å². The molecule has 0 saturated heterocycles. The normalized spacial score (nSPS) is 11.5. The SMILES string of the molecule is CCc1nnc(NS(=O)(=O)c2cc(Br)ccc2C)s1. The minimum absolute atomic E-state index is 0.232. The summed E-state index contributed by atoms with van der Waals surface area (Å²) in [6.45, 7) is 3.69. The van der Waals surface area contributed by atoms with Crippen molar-refractivity contribution in [2.45, 2.75) is 25.2 Å². The maximum Gasteiger partial charge on any atom is 0.264 e. The van der Waals surface area contributed by atoms with Crippen LogP contribution in [0.15, 0.2) is 27.6 Å². The number of halogens is 1. The molecule has 0 fully saturated rings. The van der Waals surface area contributed by atoms with E-state index in [0.717, 1.165) is 11.4 Å². The van der Waals surface area contributed by atoms with Crippen molar-refractivity contribution in [2.75, 3.05) is 4.72 Å². The minimum Gasteiger partial charge on any atom is -0.253 e. The van der Waals surface area contributed by atoms with Crippen LogP contribution in [0, 0.1) is 6.92 Å². The molecule has 5 nitrogen and oxygen atoms in total. The summed E-state index contributed by atoms with van der Waals surface area (Å²) in [5.74, 6) is 0. The molecule has 0 unspecified atom stereocenters. The Bertz CT molecular complexity index is 698. The first-order valence-electron chi connectivity index (χ1n) is 5.53. The van der Waals surface area contributed by atoms with Crippen molar-refractivity contribution in [1.82, 2.24) is 10.2 Å². The number of hydrogen-bond acceptors (Lipinski definition) is 5. The molecule has 1 N–H and O–H groups in total. The van der Waals surface area contributed by atoms with Crippen LogP contribution in [-0.2, 0) is 16.4 Å². The molecule has 0 spiro atoms. The van der Waals surface area contributed by atoms with Gasteiger partial charge in [0.15, 0.2) is 0 Å². The van der Waals surface area contributed by atoms with E-state index in [9.17, 15) is 8.42 Å². The predicted molar refractivity (Wildman–Crippen MR) is 79.0 cm³/mol. The molecule has 0 bridgehead atoms. The Morgan fingerprint density at radius 3 is 2.74 bits per heavy atom. The van der Waals surface area contributed by atoms with Crippen LogP contribution in [0.1, 0.15) is 17.5 Å². The molecule has 2 aromatic rings. The van der Waals surface area contributed by atoms with Crippen molar-refractivity contribution in [3.05, 3.63) is 33.2 Å². The molecule has 102 valence electrons. The summed E-state index contributed by atoms with van der Waals surface area (Å²) in [6, 6.07) is 5.12. The average Bonchev–Trinajstić information content (AvgIpc) is 2.79. The maximum absolute atomic E-state index is 12.3. The average molecular weight is 362 g/mol. The van der Waals surface area contributed by atoms with Gasteiger partial charge in [0.05, 0.1) is 4.90 Å². The van der Waals surface area contributed by atoms with E-state index in [4.69, 9.17) is 0 Å². The summed E-state index contributed by atoms with van der Waals surface area (Å²) < 4.78 is 27.7. The third kappa shape index (κ3) is 3.31. The number of rotatable bonds is 4. The third-order valence-electron chi connectivity index (χ3n) is 2.43. The van der Waals surface area contributed by atoms with Crippen molar-refractivity contribution in [2.24, 2.45) is 0 Å². The van der Waals surface area contributed by atoms with Gasteiger partial charge < -0.3 is 0 Å². The zero-order valence-corrected chi connectivity index (χ0v) is 13.6. The molecule has 0 radical (unpaired) electrons. The lowest BCUT2D eigenvalue weighted by Gasteiger charge is -2.08. The first kappa shape index (κ1) is 14.4. The first-order chi connectivity index (χ1) is 8.92. The fourth-order valence-electron chi connectivity index (χ4n) is 1.47. The summed E-state index contributed by atoms with van der Waals surface area (Å²) in [5.41, 5.74) is 0.677. The Labute approximate surface area is 124 Å². The molecule has 2 rings (SSSR count). The minimum atomic E-state index is -3.63. The second kappa shape index (κ2) is 5.56. The van der Waals surface area contributed by atoms with E-state index in [1.165, 1.54) is 11.3 Å². The highest BCUT2D eigenvalue weighted by atomic mass is 79.9. The van der Waals surface area contributed by atoms with Crippen LogP contribution in [0.2, 0.25) is 0 Å². The molecule has 0 atom stereocenters. The first-order valence-corrected chi connectivity index (χ1v) is 8.63. The highest BCUT2D eigenvalue weighted by Crippen LogP contribution is 2.24. The fraction of sp³-hybridized carbons (Fsp3) is 0.273. The molecule has 19 heavy (non-hydrogen) atoms. The molecule has 0 amide bonds. The summed E-state index contributed by atoms with van der Waals surface area (Å²) in [4.78, 5) is 0.232. The number of nitrogens with one attached hydrogen (secondary N) is 1. The van der Waals surface area contributed by atoms with E-state index >= 15 is 0 Å². The van der Waals surface area contributed by atoms with Gasteiger partial charge in [-0.2, -0.15) is 0 Å². The lowest BCUT2D eigenvalue weighted by Crippen LogP contribution is -2.14. The quantitative estimate of drug-likeness (QED) is 0.908. The topological polar surface area (TPSA) is 72.0 Å². The van der Waals surface area contributed by atoms with Crippen LogP contribution in [0.5, 0.6) is 0 Å². The molecular weight excluding hydrogens is 350 g/mol. The monoisotopic (exact) mass is 361 g/mol. The smallest absolute Gasteiger partial charge is 0.253 e. The molecule has 0 aliphatic rings. The Morgan fingerprint density at radius 1 is 1.37 bits per heavy atom. The van der Waals surface area contributed by atoms with Crippen LogP contribution in [0.3, 0.4) is 0 Å². The van der Waals surface area contributed by atoms with Gasteiger partial charge >= 0.3 is 0 Å². The highest BCUT2D eigenvalue weighted by molar-refractivity contribution is 9.10. The van der Waals surface area contributed by atoms with E-state index in [1.54, 1.807) is 25.1 Å². The zero-order valence-electron chi connectivity index (χ0n) is 10.3. The van der Waals surface area contributed by atoms with Gasteiger partial charge in [-0.15, -0.1) is 10.2 Å². The summed E-state index contributed by atoms with van der Waals surface area (Å²) in [5, 5.41) is 8.78. The van der Waals surface area contributed by atoms with E-state index < -0.39 is 10.0 Å². The fourth-order valence-corrected chi connectivity index (χ4v) is 4.17. The number of sulfonamides is 1. The van der Waals surface area contributed by atoms with E-state index in [1.807, 2.05) is 6.92 Å². The Morgan fingerprint density at radius 2 is 2.11 bits per heavy atom. The van der Waals surface area contributed by atoms with Crippen molar-refractivity contribution in [3.8, 4) is 0 Å². The van der Waals surface area contributed by atoms with Crippen molar-refractivity contribution in [1.29, 1.82) is 0 Å². The predicted octanol–water partition coefficient (Wildman–Crippen LogP) is 2.97. The lowest BCUT2D eigenvalue weighted by molar-refractivity contribution is 0.600. The Hall–Kier alpha value is -0.990. The lowest BCUT2D eigenvalue weighted by atomic mass is 10.2. The molecule has 0 aliphatic carbocycles. The Balaban J connectivity index is 2.34. The van der Waals surface area contributed by atoms with Gasteiger partial charge in [0.1, 0.15) is 5.01 Å². The number of nitrogens with zero attached hydrogens (tertiary/aromatic N) is 2. The molecule has 0 aliphatic heterocycles. The Kier molecular flexibility index (Phi) is 4.22. The molecule has 8 heteroatoms. The van der Waals surface area contributed by atoms with Crippen molar-refractivity contribution < 1.29 is 8.42 Å². The van der Waals surface area contributed by atoms with Gasteiger partial charge in [0.2, 0.25) is 5.13 Å². The third-order valence-corrected chi connectivity index (χ3v) is 5.52. The van der Waals surface area contributed by atoms with Crippen LogP contribution < -0.4 is 4.72 Å². The van der Waals surface area contributed by atoms with Crippen molar-refractivity contribution in [3.63, 3.8) is 0 Å². The highest BCUT2D eigenvalue weighted by Gasteiger charge is 2.19. The van der Waals surface area contributed by atoms with Crippen LogP contribution in [0.4, 0.5) is 5.13 Å². The van der Waals surface area contributed by atoms with E-state index in [2.05, 4.69) is 30.8 Å². The number of benzene rings is 1. The molecule has 1 heterocycles. The van der Waals surface area contributed by atoms with E-state index in [0.29, 0.717) is 10.0 Å². The second-order valence-electron chi connectivity index (χ2n) is 3.87.